The van der Waals surface area contributed by atoms with Crippen molar-refractivity contribution in [3.05, 3.63) is 60.2 Å². The van der Waals surface area contributed by atoms with Gasteiger partial charge in [-0.1, -0.05) is 36.4 Å². The van der Waals surface area contributed by atoms with Crippen LogP contribution in [0.15, 0.2) is 54.6 Å². The van der Waals surface area contributed by atoms with Gasteiger partial charge in [0.1, 0.15) is 11.5 Å². The maximum atomic E-state index is 11.8. The summed E-state index contributed by atoms with van der Waals surface area (Å²) in [7, 11) is 0. The fourth-order valence-corrected chi connectivity index (χ4v) is 1.98. The molecule has 0 N–H and O–H groups in total. The average Bonchev–Trinajstić information content (AvgIpc) is 2.41. The standard InChI is InChI=1S/C15H12O3/c16-15-14(17-12-7-2-1-3-8-12)10-11-6-4-5-9-13(11)18-15/h1-9,14H,10H2. The summed E-state index contributed by atoms with van der Waals surface area (Å²) in [5.41, 5.74) is 0.998. The van der Waals surface area contributed by atoms with E-state index in [1.54, 1.807) is 6.07 Å². The molecule has 1 atom stereocenters. The molecule has 1 unspecified atom stereocenters. The Morgan fingerprint density at radius 1 is 1.00 bits per heavy atom. The van der Waals surface area contributed by atoms with Gasteiger partial charge in [0.25, 0.3) is 0 Å². The maximum Gasteiger partial charge on any atom is 0.353 e. The largest absolute Gasteiger partial charge is 0.478 e. The van der Waals surface area contributed by atoms with E-state index in [2.05, 4.69) is 0 Å². The van der Waals surface area contributed by atoms with E-state index in [-0.39, 0.29) is 5.97 Å². The molecule has 0 saturated heterocycles. The molecule has 0 fully saturated rings. The van der Waals surface area contributed by atoms with E-state index >= 15 is 0 Å². The molecule has 0 saturated carbocycles. The molecule has 0 bridgehead atoms. The summed E-state index contributed by atoms with van der Waals surface area (Å²) >= 11 is 0. The van der Waals surface area contributed by atoms with Crippen LogP contribution in [0.1, 0.15) is 5.56 Å². The lowest BCUT2D eigenvalue weighted by molar-refractivity contribution is -0.143. The van der Waals surface area contributed by atoms with Gasteiger partial charge < -0.3 is 9.47 Å². The zero-order valence-electron chi connectivity index (χ0n) is 9.71. The third kappa shape index (κ3) is 2.07. The third-order valence-corrected chi connectivity index (χ3v) is 2.87. The fourth-order valence-electron chi connectivity index (χ4n) is 1.98. The highest BCUT2D eigenvalue weighted by atomic mass is 16.6. The average molecular weight is 240 g/mol. The van der Waals surface area contributed by atoms with Crippen molar-refractivity contribution in [2.75, 3.05) is 0 Å². The van der Waals surface area contributed by atoms with E-state index in [0.717, 1.165) is 5.56 Å². The van der Waals surface area contributed by atoms with E-state index in [9.17, 15) is 4.79 Å². The van der Waals surface area contributed by atoms with Gasteiger partial charge in [0.2, 0.25) is 0 Å². The number of benzene rings is 2. The van der Waals surface area contributed by atoms with Crippen molar-refractivity contribution >= 4 is 5.97 Å². The minimum absolute atomic E-state index is 0.336. The lowest BCUT2D eigenvalue weighted by Gasteiger charge is -2.23. The Morgan fingerprint density at radius 2 is 1.72 bits per heavy atom. The molecule has 1 heterocycles. The number of hydrogen-bond donors (Lipinski definition) is 0. The Kier molecular flexibility index (Phi) is 2.73. The maximum absolute atomic E-state index is 11.8. The first-order chi connectivity index (χ1) is 8.83. The first-order valence-electron chi connectivity index (χ1n) is 5.84. The van der Waals surface area contributed by atoms with Gasteiger partial charge in [-0.2, -0.15) is 0 Å². The monoisotopic (exact) mass is 240 g/mol. The molecule has 0 aromatic heterocycles. The zero-order valence-corrected chi connectivity index (χ0v) is 9.71. The molecule has 90 valence electrons. The summed E-state index contributed by atoms with van der Waals surface area (Å²) in [4.78, 5) is 11.8. The van der Waals surface area contributed by atoms with Crippen LogP contribution in [0.4, 0.5) is 0 Å². The number of esters is 1. The molecule has 0 spiro atoms. The highest BCUT2D eigenvalue weighted by molar-refractivity contribution is 5.80. The molecular weight excluding hydrogens is 228 g/mol. The van der Waals surface area contributed by atoms with Gasteiger partial charge in [-0.3, -0.25) is 0 Å². The van der Waals surface area contributed by atoms with E-state index in [1.165, 1.54) is 0 Å². The van der Waals surface area contributed by atoms with Crippen molar-refractivity contribution in [2.24, 2.45) is 0 Å². The second kappa shape index (κ2) is 4.53. The van der Waals surface area contributed by atoms with Crippen LogP contribution in [0.25, 0.3) is 0 Å². The van der Waals surface area contributed by atoms with Crippen molar-refractivity contribution in [1.29, 1.82) is 0 Å². The number of hydrogen-bond acceptors (Lipinski definition) is 3. The van der Waals surface area contributed by atoms with Gasteiger partial charge in [0.05, 0.1) is 0 Å². The summed E-state index contributed by atoms with van der Waals surface area (Å²) in [5, 5.41) is 0. The van der Waals surface area contributed by atoms with Crippen LogP contribution in [0.3, 0.4) is 0 Å². The Morgan fingerprint density at radius 3 is 2.56 bits per heavy atom. The van der Waals surface area contributed by atoms with Gasteiger partial charge in [-0.15, -0.1) is 0 Å². The number of rotatable bonds is 2. The first kappa shape index (κ1) is 10.8. The molecule has 0 radical (unpaired) electrons. The number of ether oxygens (including phenoxy) is 2. The van der Waals surface area contributed by atoms with Crippen LogP contribution < -0.4 is 9.47 Å². The second-order valence-electron chi connectivity index (χ2n) is 4.15. The van der Waals surface area contributed by atoms with Crippen LogP contribution >= 0.6 is 0 Å². The van der Waals surface area contributed by atoms with E-state index < -0.39 is 6.10 Å². The number of carbonyl (C=O) groups excluding carboxylic acids is 1. The van der Waals surface area contributed by atoms with E-state index in [0.29, 0.717) is 17.9 Å². The molecule has 0 amide bonds. The lowest BCUT2D eigenvalue weighted by Crippen LogP contribution is -2.37. The molecule has 1 aliphatic rings. The predicted octanol–water partition coefficient (Wildman–Crippen LogP) is 2.60. The van der Waals surface area contributed by atoms with Gasteiger partial charge >= 0.3 is 5.97 Å². The Labute approximate surface area is 105 Å². The predicted molar refractivity (Wildman–Crippen MR) is 66.6 cm³/mol. The van der Waals surface area contributed by atoms with Crippen molar-refractivity contribution in [3.8, 4) is 11.5 Å². The summed E-state index contributed by atoms with van der Waals surface area (Å²) in [6.45, 7) is 0. The van der Waals surface area contributed by atoms with Gasteiger partial charge in [0, 0.05) is 6.42 Å². The quantitative estimate of drug-likeness (QED) is 0.598. The molecular formula is C15H12O3. The van der Waals surface area contributed by atoms with Crippen LogP contribution in [0, 0.1) is 0 Å². The molecule has 1 aliphatic heterocycles. The Bertz CT molecular complexity index is 563. The zero-order chi connectivity index (χ0) is 12.4. The Balaban J connectivity index is 1.81. The minimum atomic E-state index is -0.567. The molecule has 3 rings (SSSR count). The fraction of sp³-hybridized carbons (Fsp3) is 0.133. The SMILES string of the molecule is O=C1Oc2ccccc2CC1Oc1ccccc1. The van der Waals surface area contributed by atoms with Crippen molar-refractivity contribution < 1.29 is 14.3 Å². The molecule has 0 aliphatic carbocycles. The highest BCUT2D eigenvalue weighted by Gasteiger charge is 2.29. The number of carbonyl (C=O) groups is 1. The molecule has 2 aromatic carbocycles. The van der Waals surface area contributed by atoms with Crippen LogP contribution in [-0.4, -0.2) is 12.1 Å². The smallest absolute Gasteiger partial charge is 0.353 e. The van der Waals surface area contributed by atoms with Crippen LogP contribution in [-0.2, 0) is 11.2 Å². The molecule has 3 nitrogen and oxygen atoms in total. The molecule has 3 heteroatoms. The minimum Gasteiger partial charge on any atom is -0.478 e. The molecule has 18 heavy (non-hydrogen) atoms. The summed E-state index contributed by atoms with van der Waals surface area (Å²) in [6, 6.07) is 16.8. The van der Waals surface area contributed by atoms with Crippen LogP contribution in [0.2, 0.25) is 0 Å². The topological polar surface area (TPSA) is 35.5 Å². The van der Waals surface area contributed by atoms with Gasteiger partial charge in [0.15, 0.2) is 6.10 Å². The first-order valence-corrected chi connectivity index (χ1v) is 5.84. The van der Waals surface area contributed by atoms with Gasteiger partial charge in [-0.25, -0.2) is 4.79 Å². The lowest BCUT2D eigenvalue weighted by atomic mass is 10.0. The highest BCUT2D eigenvalue weighted by Crippen LogP contribution is 2.26. The van der Waals surface area contributed by atoms with Crippen molar-refractivity contribution in [1.82, 2.24) is 0 Å². The second-order valence-corrected chi connectivity index (χ2v) is 4.15. The van der Waals surface area contributed by atoms with Crippen LogP contribution in [0.5, 0.6) is 11.5 Å². The Hall–Kier alpha value is -2.29. The normalized spacial score (nSPS) is 17.8. The van der Waals surface area contributed by atoms with Crippen molar-refractivity contribution in [2.45, 2.75) is 12.5 Å². The molecule has 2 aromatic rings. The number of fused-ring (bicyclic) bond motifs is 1. The third-order valence-electron chi connectivity index (χ3n) is 2.87. The summed E-state index contributed by atoms with van der Waals surface area (Å²) in [6.07, 6.45) is -0.0218. The number of para-hydroxylation sites is 2. The van der Waals surface area contributed by atoms with Crippen molar-refractivity contribution in [3.63, 3.8) is 0 Å². The van der Waals surface area contributed by atoms with Gasteiger partial charge in [-0.05, 0) is 23.8 Å². The summed E-state index contributed by atoms with van der Waals surface area (Å²) in [5.74, 6) is 0.979. The summed E-state index contributed by atoms with van der Waals surface area (Å²) < 4.78 is 10.9. The van der Waals surface area contributed by atoms with E-state index in [1.807, 2.05) is 48.5 Å². The van der Waals surface area contributed by atoms with E-state index in [4.69, 9.17) is 9.47 Å².